The molecule has 112 valence electrons. The van der Waals surface area contributed by atoms with Gasteiger partial charge in [-0.2, -0.15) is 0 Å². The van der Waals surface area contributed by atoms with Gasteiger partial charge in [-0.1, -0.05) is 42.0 Å². The number of carbonyl (C=O) groups is 2. The standard InChI is InChI=1S/C17H21NO3/c19-16(20)11-15(14-9-5-2-6-10-14)17(21)18-12-13-7-3-1-4-8-13/h1,3-4,7-9,15H,2,5-6,10-12H2,(H,18,21)(H,19,20). The van der Waals surface area contributed by atoms with Crippen molar-refractivity contribution in [2.75, 3.05) is 0 Å². The Hall–Kier alpha value is -2.10. The van der Waals surface area contributed by atoms with Crippen molar-refractivity contribution in [3.63, 3.8) is 0 Å². The third-order valence-corrected chi connectivity index (χ3v) is 3.78. The van der Waals surface area contributed by atoms with Gasteiger partial charge in [0.25, 0.3) is 0 Å². The molecule has 0 heterocycles. The van der Waals surface area contributed by atoms with Crippen LogP contribution >= 0.6 is 0 Å². The van der Waals surface area contributed by atoms with Crippen LogP contribution in [0, 0.1) is 5.92 Å². The van der Waals surface area contributed by atoms with E-state index in [9.17, 15) is 9.59 Å². The Morgan fingerprint density at radius 3 is 2.57 bits per heavy atom. The first-order valence-corrected chi connectivity index (χ1v) is 7.39. The highest BCUT2D eigenvalue weighted by molar-refractivity contribution is 5.85. The molecule has 0 fully saturated rings. The molecule has 0 aliphatic heterocycles. The van der Waals surface area contributed by atoms with Crippen LogP contribution in [0.15, 0.2) is 42.0 Å². The predicted molar refractivity (Wildman–Crippen MR) is 80.6 cm³/mol. The van der Waals surface area contributed by atoms with Crippen LogP contribution in [-0.4, -0.2) is 17.0 Å². The smallest absolute Gasteiger partial charge is 0.304 e. The average Bonchev–Trinajstić information content (AvgIpc) is 2.52. The topological polar surface area (TPSA) is 66.4 Å². The van der Waals surface area contributed by atoms with E-state index in [1.165, 1.54) is 0 Å². The number of rotatable bonds is 6. The van der Waals surface area contributed by atoms with Crippen molar-refractivity contribution < 1.29 is 14.7 Å². The molecule has 21 heavy (non-hydrogen) atoms. The predicted octanol–water partition coefficient (Wildman–Crippen LogP) is 2.89. The summed E-state index contributed by atoms with van der Waals surface area (Å²) in [4.78, 5) is 23.4. The van der Waals surface area contributed by atoms with Crippen molar-refractivity contribution in [2.45, 2.75) is 38.6 Å². The lowest BCUT2D eigenvalue weighted by atomic mass is 9.86. The van der Waals surface area contributed by atoms with Gasteiger partial charge in [0.05, 0.1) is 12.3 Å². The minimum atomic E-state index is -0.929. The Bertz CT molecular complexity index is 522. The highest BCUT2D eigenvalue weighted by atomic mass is 16.4. The molecular formula is C17H21NO3. The molecule has 1 unspecified atom stereocenters. The van der Waals surface area contributed by atoms with Crippen LogP contribution in [0.25, 0.3) is 0 Å². The van der Waals surface area contributed by atoms with E-state index in [0.29, 0.717) is 6.54 Å². The lowest BCUT2D eigenvalue weighted by Gasteiger charge is -2.21. The fourth-order valence-corrected chi connectivity index (χ4v) is 2.65. The summed E-state index contributed by atoms with van der Waals surface area (Å²) >= 11 is 0. The molecule has 2 rings (SSSR count). The van der Waals surface area contributed by atoms with Crippen molar-refractivity contribution in [3.8, 4) is 0 Å². The maximum atomic E-state index is 12.3. The van der Waals surface area contributed by atoms with Crippen molar-refractivity contribution >= 4 is 11.9 Å². The minimum absolute atomic E-state index is 0.132. The number of hydrogen-bond donors (Lipinski definition) is 2. The zero-order chi connectivity index (χ0) is 15.1. The van der Waals surface area contributed by atoms with Crippen molar-refractivity contribution in [1.29, 1.82) is 0 Å². The summed E-state index contributed by atoms with van der Waals surface area (Å²) in [6, 6.07) is 9.63. The molecule has 4 nitrogen and oxygen atoms in total. The molecule has 0 spiro atoms. The van der Waals surface area contributed by atoms with Gasteiger partial charge in [-0.05, 0) is 31.2 Å². The van der Waals surface area contributed by atoms with Gasteiger partial charge >= 0.3 is 5.97 Å². The van der Waals surface area contributed by atoms with Crippen molar-refractivity contribution in [3.05, 3.63) is 47.5 Å². The number of carboxylic acids is 1. The molecule has 1 atom stereocenters. The summed E-state index contributed by atoms with van der Waals surface area (Å²) in [7, 11) is 0. The second-order valence-electron chi connectivity index (χ2n) is 5.38. The molecule has 0 radical (unpaired) electrons. The number of carboxylic acid groups (broad SMARTS) is 1. The summed E-state index contributed by atoms with van der Waals surface area (Å²) in [5.74, 6) is -1.65. The summed E-state index contributed by atoms with van der Waals surface area (Å²) in [5, 5.41) is 11.9. The van der Waals surface area contributed by atoms with Gasteiger partial charge in [0.2, 0.25) is 5.91 Å². The van der Waals surface area contributed by atoms with Gasteiger partial charge in [0, 0.05) is 6.54 Å². The third kappa shape index (κ3) is 4.74. The Morgan fingerprint density at radius 1 is 1.19 bits per heavy atom. The largest absolute Gasteiger partial charge is 0.481 e. The zero-order valence-corrected chi connectivity index (χ0v) is 12.0. The van der Waals surface area contributed by atoms with Crippen LogP contribution in [0.2, 0.25) is 0 Å². The Kier molecular flexibility index (Phi) is 5.55. The summed E-state index contributed by atoms with van der Waals surface area (Å²) in [6.45, 7) is 0.434. The van der Waals surface area contributed by atoms with Gasteiger partial charge < -0.3 is 10.4 Å². The molecule has 1 aliphatic carbocycles. The maximum Gasteiger partial charge on any atom is 0.304 e. The van der Waals surface area contributed by atoms with Crippen LogP contribution in [0.3, 0.4) is 0 Å². The molecule has 0 saturated heterocycles. The Balaban J connectivity index is 2.00. The van der Waals surface area contributed by atoms with E-state index in [2.05, 4.69) is 5.32 Å². The molecule has 1 aromatic rings. The lowest BCUT2D eigenvalue weighted by Crippen LogP contribution is -2.33. The number of benzene rings is 1. The summed E-state index contributed by atoms with van der Waals surface area (Å²) in [5.41, 5.74) is 1.99. The molecule has 0 aromatic heterocycles. The number of hydrogen-bond acceptors (Lipinski definition) is 2. The van der Waals surface area contributed by atoms with Crippen LogP contribution in [0.4, 0.5) is 0 Å². The van der Waals surface area contributed by atoms with Gasteiger partial charge in [-0.25, -0.2) is 0 Å². The lowest BCUT2D eigenvalue weighted by molar-refractivity contribution is -0.140. The highest BCUT2D eigenvalue weighted by Crippen LogP contribution is 2.26. The molecule has 0 saturated carbocycles. The second-order valence-corrected chi connectivity index (χ2v) is 5.38. The summed E-state index contributed by atoms with van der Waals surface area (Å²) in [6.07, 6.45) is 5.84. The minimum Gasteiger partial charge on any atom is -0.481 e. The molecule has 2 N–H and O–H groups in total. The SMILES string of the molecule is O=C(O)CC(C(=O)NCc1ccccc1)C1=CCCCC1. The highest BCUT2D eigenvalue weighted by Gasteiger charge is 2.26. The second kappa shape index (κ2) is 7.62. The van der Waals surface area contributed by atoms with E-state index in [1.54, 1.807) is 0 Å². The molecule has 1 aliphatic rings. The number of allylic oxidation sites excluding steroid dienone is 1. The Morgan fingerprint density at radius 2 is 1.95 bits per heavy atom. The van der Waals surface area contributed by atoms with Crippen LogP contribution in [-0.2, 0) is 16.1 Å². The van der Waals surface area contributed by atoms with Crippen molar-refractivity contribution in [2.24, 2.45) is 5.92 Å². The van der Waals surface area contributed by atoms with Crippen LogP contribution in [0.5, 0.6) is 0 Å². The number of amides is 1. The first kappa shape index (κ1) is 15.3. The quantitative estimate of drug-likeness (QED) is 0.791. The van der Waals surface area contributed by atoms with Gasteiger partial charge in [0.15, 0.2) is 0 Å². The molecule has 1 amide bonds. The third-order valence-electron chi connectivity index (χ3n) is 3.78. The molecule has 1 aromatic carbocycles. The summed E-state index contributed by atoms with van der Waals surface area (Å²) < 4.78 is 0. The number of nitrogens with one attached hydrogen (secondary N) is 1. The van der Waals surface area contributed by atoms with Gasteiger partial charge in [0.1, 0.15) is 0 Å². The van der Waals surface area contributed by atoms with Gasteiger partial charge in [-0.3, -0.25) is 9.59 Å². The number of aliphatic carboxylic acids is 1. The van der Waals surface area contributed by atoms with Crippen LogP contribution in [0.1, 0.15) is 37.7 Å². The van der Waals surface area contributed by atoms with E-state index in [1.807, 2.05) is 36.4 Å². The fraction of sp³-hybridized carbons (Fsp3) is 0.412. The fourth-order valence-electron chi connectivity index (χ4n) is 2.65. The molecular weight excluding hydrogens is 266 g/mol. The molecule has 0 bridgehead atoms. The van der Waals surface area contributed by atoms with E-state index in [0.717, 1.165) is 36.8 Å². The first-order chi connectivity index (χ1) is 10.2. The van der Waals surface area contributed by atoms with E-state index >= 15 is 0 Å². The van der Waals surface area contributed by atoms with Crippen molar-refractivity contribution in [1.82, 2.24) is 5.32 Å². The normalized spacial score (nSPS) is 15.9. The average molecular weight is 287 g/mol. The first-order valence-electron chi connectivity index (χ1n) is 7.39. The van der Waals surface area contributed by atoms with Crippen LogP contribution < -0.4 is 5.32 Å². The number of carbonyl (C=O) groups excluding carboxylic acids is 1. The zero-order valence-electron chi connectivity index (χ0n) is 12.0. The van der Waals surface area contributed by atoms with E-state index in [-0.39, 0.29) is 12.3 Å². The Labute approximate surface area is 124 Å². The van der Waals surface area contributed by atoms with E-state index < -0.39 is 11.9 Å². The monoisotopic (exact) mass is 287 g/mol. The van der Waals surface area contributed by atoms with Gasteiger partial charge in [-0.15, -0.1) is 0 Å². The molecule has 4 heteroatoms. The maximum absolute atomic E-state index is 12.3. The van der Waals surface area contributed by atoms with E-state index in [4.69, 9.17) is 5.11 Å².